The molecule has 0 radical (unpaired) electrons. The summed E-state index contributed by atoms with van der Waals surface area (Å²) in [5.74, 6) is 0.687. The average molecular weight is 378 g/mol. The maximum Gasteiger partial charge on any atom is 0.224 e. The zero-order valence-corrected chi connectivity index (χ0v) is 16.1. The van der Waals surface area contributed by atoms with Gasteiger partial charge >= 0.3 is 0 Å². The lowest BCUT2D eigenvalue weighted by Crippen LogP contribution is -2.38. The number of carbonyl (C=O) groups is 2. The minimum absolute atomic E-state index is 0.157. The molecular weight excluding hydrogens is 352 g/mol. The number of hydrogen-bond acceptors (Lipinski definition) is 4. The third-order valence-corrected chi connectivity index (χ3v) is 5.79. The van der Waals surface area contributed by atoms with Crippen LogP contribution in [0.2, 0.25) is 0 Å². The third-order valence-electron chi connectivity index (χ3n) is 5.79. The Morgan fingerprint density at radius 1 is 1.11 bits per heavy atom. The van der Waals surface area contributed by atoms with Gasteiger partial charge in [0.2, 0.25) is 11.8 Å². The van der Waals surface area contributed by atoms with Gasteiger partial charge in [-0.15, -0.1) is 0 Å². The van der Waals surface area contributed by atoms with Gasteiger partial charge in [-0.1, -0.05) is 0 Å². The van der Waals surface area contributed by atoms with E-state index in [9.17, 15) is 9.59 Å². The Bertz CT molecular complexity index is 839. The van der Waals surface area contributed by atoms with Crippen molar-refractivity contribution in [3.8, 4) is 11.3 Å². The number of aromatic nitrogens is 2. The summed E-state index contributed by atoms with van der Waals surface area (Å²) in [6.45, 7) is 2.88. The van der Waals surface area contributed by atoms with Crippen molar-refractivity contribution in [2.75, 3.05) is 26.2 Å². The largest absolute Gasteiger partial charge is 0.342 e. The van der Waals surface area contributed by atoms with Gasteiger partial charge in [0.25, 0.3) is 0 Å². The van der Waals surface area contributed by atoms with Gasteiger partial charge in [0.15, 0.2) is 0 Å². The highest BCUT2D eigenvalue weighted by Gasteiger charge is 2.28. The molecule has 2 fully saturated rings. The van der Waals surface area contributed by atoms with Crippen molar-refractivity contribution in [1.29, 1.82) is 0 Å². The summed E-state index contributed by atoms with van der Waals surface area (Å²) in [6.07, 6.45) is 9.43. The first-order valence-electron chi connectivity index (χ1n) is 10.1. The topological polar surface area (TPSA) is 66.4 Å². The number of rotatable bonds is 5. The fourth-order valence-corrected chi connectivity index (χ4v) is 4.13. The van der Waals surface area contributed by atoms with Crippen LogP contribution in [0.4, 0.5) is 0 Å². The van der Waals surface area contributed by atoms with E-state index in [4.69, 9.17) is 0 Å². The molecule has 28 heavy (non-hydrogen) atoms. The fourth-order valence-electron chi connectivity index (χ4n) is 4.13. The van der Waals surface area contributed by atoms with Crippen LogP contribution >= 0.6 is 0 Å². The number of amides is 2. The van der Waals surface area contributed by atoms with Crippen LogP contribution in [0.5, 0.6) is 0 Å². The first kappa shape index (κ1) is 18.6. The molecule has 4 heterocycles. The van der Waals surface area contributed by atoms with Crippen molar-refractivity contribution >= 4 is 11.8 Å². The molecule has 2 amide bonds. The van der Waals surface area contributed by atoms with Crippen LogP contribution < -0.4 is 0 Å². The zero-order valence-electron chi connectivity index (χ0n) is 16.1. The van der Waals surface area contributed by atoms with E-state index in [1.807, 2.05) is 28.1 Å². The lowest BCUT2D eigenvalue weighted by molar-refractivity contribution is -0.135. The molecule has 0 saturated carbocycles. The molecule has 2 aromatic rings. The lowest BCUT2D eigenvalue weighted by Gasteiger charge is -2.27. The Hall–Kier alpha value is -2.76. The second-order valence-electron chi connectivity index (χ2n) is 7.62. The predicted octanol–water partition coefficient (Wildman–Crippen LogP) is 2.86. The van der Waals surface area contributed by atoms with Crippen LogP contribution in [0.25, 0.3) is 11.3 Å². The maximum absolute atomic E-state index is 12.6. The zero-order chi connectivity index (χ0) is 19.3. The van der Waals surface area contributed by atoms with E-state index < -0.39 is 0 Å². The first-order chi connectivity index (χ1) is 13.7. The molecule has 0 aliphatic carbocycles. The molecule has 1 unspecified atom stereocenters. The summed E-state index contributed by atoms with van der Waals surface area (Å²) in [5, 5.41) is 0. The summed E-state index contributed by atoms with van der Waals surface area (Å²) in [4.78, 5) is 36.9. The van der Waals surface area contributed by atoms with Gasteiger partial charge < -0.3 is 9.80 Å². The van der Waals surface area contributed by atoms with Gasteiger partial charge in [-0.05, 0) is 49.1 Å². The van der Waals surface area contributed by atoms with E-state index in [1.54, 1.807) is 12.4 Å². The molecular formula is C22H26N4O2. The van der Waals surface area contributed by atoms with Crippen molar-refractivity contribution < 1.29 is 9.59 Å². The van der Waals surface area contributed by atoms with Crippen LogP contribution in [0, 0.1) is 0 Å². The highest BCUT2D eigenvalue weighted by Crippen LogP contribution is 2.29. The van der Waals surface area contributed by atoms with Crippen LogP contribution in [0.1, 0.15) is 43.6 Å². The number of likely N-dealkylation sites (tertiary alicyclic amines) is 2. The van der Waals surface area contributed by atoms with Crippen LogP contribution in [-0.2, 0) is 9.59 Å². The molecule has 6 nitrogen and oxygen atoms in total. The highest BCUT2D eigenvalue weighted by molar-refractivity contribution is 5.79. The Morgan fingerprint density at radius 2 is 1.96 bits per heavy atom. The van der Waals surface area contributed by atoms with E-state index >= 15 is 0 Å². The Morgan fingerprint density at radius 3 is 2.79 bits per heavy atom. The second-order valence-corrected chi connectivity index (χ2v) is 7.62. The summed E-state index contributed by atoms with van der Waals surface area (Å²) in [5.41, 5.74) is 3.21. The lowest BCUT2D eigenvalue weighted by atomic mass is 9.97. The summed E-state index contributed by atoms with van der Waals surface area (Å²) >= 11 is 0. The van der Waals surface area contributed by atoms with E-state index in [0.29, 0.717) is 25.3 Å². The molecule has 4 rings (SSSR count). The summed E-state index contributed by atoms with van der Waals surface area (Å²) < 4.78 is 0. The molecule has 2 aliphatic heterocycles. The van der Waals surface area contributed by atoms with Crippen molar-refractivity contribution in [1.82, 2.24) is 19.8 Å². The number of pyridine rings is 2. The molecule has 0 spiro atoms. The Kier molecular flexibility index (Phi) is 5.65. The SMILES string of the molecule is O=C1CCCCN1CCC(=O)N1CCC(c2ccnc(-c3ccncc3)c2)C1. The fraction of sp³-hybridized carbons (Fsp3) is 0.455. The van der Waals surface area contributed by atoms with Gasteiger partial charge in [-0.3, -0.25) is 19.6 Å². The highest BCUT2D eigenvalue weighted by atomic mass is 16.2. The number of carbonyl (C=O) groups excluding carboxylic acids is 2. The molecule has 2 aliphatic rings. The molecule has 0 bridgehead atoms. The van der Waals surface area contributed by atoms with Gasteiger partial charge in [0.1, 0.15) is 0 Å². The van der Waals surface area contributed by atoms with Crippen molar-refractivity contribution in [2.24, 2.45) is 0 Å². The monoisotopic (exact) mass is 378 g/mol. The Balaban J connectivity index is 1.35. The maximum atomic E-state index is 12.6. The average Bonchev–Trinajstić information content (AvgIpc) is 3.24. The number of nitrogens with zero attached hydrogens (tertiary/aromatic N) is 4. The van der Waals surface area contributed by atoms with E-state index in [2.05, 4.69) is 22.1 Å². The van der Waals surface area contributed by atoms with Crippen molar-refractivity contribution in [2.45, 2.75) is 38.0 Å². The summed E-state index contributed by atoms with van der Waals surface area (Å²) in [7, 11) is 0. The molecule has 6 heteroatoms. The second kappa shape index (κ2) is 8.50. The third kappa shape index (κ3) is 4.21. The van der Waals surface area contributed by atoms with E-state index in [0.717, 1.165) is 50.2 Å². The number of piperidine rings is 1. The smallest absolute Gasteiger partial charge is 0.224 e. The number of hydrogen-bond donors (Lipinski definition) is 0. The molecule has 0 aromatic carbocycles. The minimum Gasteiger partial charge on any atom is -0.342 e. The van der Waals surface area contributed by atoms with Crippen molar-refractivity contribution in [3.05, 3.63) is 48.4 Å². The van der Waals surface area contributed by atoms with Crippen LogP contribution in [0.3, 0.4) is 0 Å². The minimum atomic E-state index is 0.157. The molecule has 0 N–H and O–H groups in total. The van der Waals surface area contributed by atoms with Gasteiger partial charge in [0.05, 0.1) is 5.69 Å². The standard InChI is InChI=1S/C22H26N4O2/c27-21-3-1-2-12-25(21)14-8-22(28)26-13-7-19(16-26)18-6-11-24-20(15-18)17-4-9-23-10-5-17/h4-6,9-11,15,19H,1-3,7-8,12-14,16H2. The van der Waals surface area contributed by atoms with Crippen LogP contribution in [-0.4, -0.2) is 57.8 Å². The van der Waals surface area contributed by atoms with Crippen molar-refractivity contribution in [3.63, 3.8) is 0 Å². The molecule has 2 saturated heterocycles. The Labute approximate surface area is 165 Å². The van der Waals surface area contributed by atoms with Crippen LogP contribution in [0.15, 0.2) is 42.9 Å². The predicted molar refractivity (Wildman–Crippen MR) is 106 cm³/mol. The molecule has 146 valence electrons. The normalized spacial score (nSPS) is 19.9. The van der Waals surface area contributed by atoms with Gasteiger partial charge in [0, 0.05) is 69.1 Å². The summed E-state index contributed by atoms with van der Waals surface area (Å²) in [6, 6.07) is 8.09. The first-order valence-corrected chi connectivity index (χ1v) is 10.1. The van der Waals surface area contributed by atoms with E-state index in [1.165, 1.54) is 5.56 Å². The van der Waals surface area contributed by atoms with Gasteiger partial charge in [-0.25, -0.2) is 0 Å². The quantitative estimate of drug-likeness (QED) is 0.802. The molecule has 2 aromatic heterocycles. The van der Waals surface area contributed by atoms with Gasteiger partial charge in [-0.2, -0.15) is 0 Å². The van der Waals surface area contributed by atoms with E-state index in [-0.39, 0.29) is 11.8 Å². The molecule has 1 atom stereocenters.